The molecule has 0 aromatic heterocycles. The van der Waals surface area contributed by atoms with Gasteiger partial charge in [-0.25, -0.2) is 0 Å². The highest BCUT2D eigenvalue weighted by Gasteiger charge is 2.36. The molecule has 90 valence electrons. The third-order valence-corrected chi connectivity index (χ3v) is 3.17. The van der Waals surface area contributed by atoms with Crippen LogP contribution in [0.3, 0.4) is 0 Å². The molecular formula is C11H13F3OS. The molecule has 0 N–H and O–H groups in total. The average molecular weight is 250 g/mol. The van der Waals surface area contributed by atoms with Crippen LogP contribution in [0.25, 0.3) is 0 Å². The minimum Gasteiger partial charge on any atom is -0.612 e. The highest BCUT2D eigenvalue weighted by Crippen LogP contribution is 2.34. The first kappa shape index (κ1) is 13.4. The van der Waals surface area contributed by atoms with E-state index in [4.69, 9.17) is 0 Å². The number of hydrogen-bond donors (Lipinski definition) is 0. The molecule has 1 rings (SSSR count). The zero-order valence-electron chi connectivity index (χ0n) is 9.10. The quantitative estimate of drug-likeness (QED) is 0.754. The monoisotopic (exact) mass is 250 g/mol. The third-order valence-electron chi connectivity index (χ3n) is 2.20. The molecule has 0 saturated carbocycles. The van der Waals surface area contributed by atoms with Gasteiger partial charge in [-0.3, -0.25) is 0 Å². The van der Waals surface area contributed by atoms with Crippen LogP contribution < -0.4 is 0 Å². The van der Waals surface area contributed by atoms with E-state index in [0.717, 1.165) is 12.5 Å². The van der Waals surface area contributed by atoms with Crippen LogP contribution in [0.4, 0.5) is 13.2 Å². The predicted molar refractivity (Wildman–Crippen MR) is 57.8 cm³/mol. The Morgan fingerprint density at radius 2 is 1.94 bits per heavy atom. The Bertz CT molecular complexity index is 361. The Hall–Kier alpha value is -0.680. The van der Waals surface area contributed by atoms with Gasteiger partial charge in [-0.1, -0.05) is 19.4 Å². The van der Waals surface area contributed by atoms with Crippen LogP contribution in [0, 0.1) is 0 Å². The molecule has 0 saturated heterocycles. The Balaban J connectivity index is 3.22. The first-order valence-corrected chi connectivity index (χ1v) is 6.45. The van der Waals surface area contributed by atoms with Crippen molar-refractivity contribution in [2.45, 2.75) is 30.8 Å². The first-order valence-electron chi connectivity index (χ1n) is 4.89. The molecule has 1 aromatic carbocycles. The van der Waals surface area contributed by atoms with Gasteiger partial charge < -0.3 is 4.55 Å². The summed E-state index contributed by atoms with van der Waals surface area (Å²) in [6, 6.07) is 4.01. The van der Waals surface area contributed by atoms with E-state index in [2.05, 4.69) is 0 Å². The first-order chi connectivity index (χ1) is 7.36. The lowest BCUT2D eigenvalue weighted by Crippen LogP contribution is -2.13. The summed E-state index contributed by atoms with van der Waals surface area (Å²) in [6.45, 7) is 1.90. The Kier molecular flexibility index (Phi) is 4.27. The summed E-state index contributed by atoms with van der Waals surface area (Å²) in [5.41, 5.74) is -0.150. The summed E-state index contributed by atoms with van der Waals surface area (Å²) < 4.78 is 49.3. The second-order valence-corrected chi connectivity index (χ2v) is 4.88. The molecule has 0 aliphatic carbocycles. The molecule has 0 heterocycles. The van der Waals surface area contributed by atoms with Crippen LogP contribution in [-0.4, -0.2) is 10.8 Å². The maximum absolute atomic E-state index is 12.7. The van der Waals surface area contributed by atoms with Gasteiger partial charge in [0.2, 0.25) is 0 Å². The molecule has 5 heteroatoms. The van der Waals surface area contributed by atoms with Crippen LogP contribution in [0.1, 0.15) is 24.5 Å². The van der Waals surface area contributed by atoms with Gasteiger partial charge in [-0.15, -0.1) is 0 Å². The van der Waals surface area contributed by atoms with Crippen molar-refractivity contribution in [2.24, 2.45) is 0 Å². The van der Waals surface area contributed by atoms with Gasteiger partial charge in [-0.05, 0) is 35.3 Å². The lowest BCUT2D eigenvalue weighted by atomic mass is 10.1. The molecule has 1 unspecified atom stereocenters. The van der Waals surface area contributed by atoms with Crippen LogP contribution in [-0.2, 0) is 23.8 Å². The molecule has 1 aromatic rings. The Morgan fingerprint density at radius 3 is 2.38 bits per heavy atom. The lowest BCUT2D eigenvalue weighted by Gasteiger charge is -2.14. The van der Waals surface area contributed by atoms with Gasteiger partial charge in [0.15, 0.2) is 4.90 Å². The molecule has 1 nitrogen and oxygen atoms in total. The van der Waals surface area contributed by atoms with Crippen LogP contribution in [0.2, 0.25) is 0 Å². The third kappa shape index (κ3) is 3.15. The second kappa shape index (κ2) is 5.10. The van der Waals surface area contributed by atoms with Gasteiger partial charge >= 0.3 is 6.18 Å². The van der Waals surface area contributed by atoms with E-state index in [0.29, 0.717) is 12.0 Å². The highest BCUT2D eigenvalue weighted by molar-refractivity contribution is 7.90. The van der Waals surface area contributed by atoms with Crippen molar-refractivity contribution in [3.63, 3.8) is 0 Å². The molecule has 0 aliphatic heterocycles. The number of rotatable bonds is 3. The topological polar surface area (TPSA) is 23.1 Å². The largest absolute Gasteiger partial charge is 0.612 e. The van der Waals surface area contributed by atoms with Gasteiger partial charge in [0, 0.05) is 0 Å². The number of aryl methyl sites for hydroxylation is 1. The summed E-state index contributed by atoms with van der Waals surface area (Å²) in [5.74, 6) is 0. The molecule has 0 spiro atoms. The van der Waals surface area contributed by atoms with Crippen LogP contribution in [0.5, 0.6) is 0 Å². The van der Waals surface area contributed by atoms with Crippen molar-refractivity contribution in [1.82, 2.24) is 0 Å². The van der Waals surface area contributed by atoms with E-state index in [1.54, 1.807) is 6.07 Å². The summed E-state index contributed by atoms with van der Waals surface area (Å²) in [7, 11) is 0. The number of halogens is 3. The van der Waals surface area contributed by atoms with Crippen molar-refractivity contribution < 1.29 is 17.7 Å². The molecule has 0 amide bonds. The number of hydrogen-bond acceptors (Lipinski definition) is 1. The minimum atomic E-state index is -4.44. The SMILES string of the molecule is CCCc1ccc([S+](C)[O-])c(C(F)(F)F)c1. The fourth-order valence-electron chi connectivity index (χ4n) is 1.49. The second-order valence-electron chi connectivity index (χ2n) is 3.53. The summed E-state index contributed by atoms with van der Waals surface area (Å²) in [5, 5.41) is 0. The maximum Gasteiger partial charge on any atom is 0.421 e. The van der Waals surface area contributed by atoms with Crippen molar-refractivity contribution in [1.29, 1.82) is 0 Å². The molecule has 0 aliphatic rings. The van der Waals surface area contributed by atoms with E-state index in [1.165, 1.54) is 12.3 Å². The van der Waals surface area contributed by atoms with Crippen molar-refractivity contribution in [2.75, 3.05) is 6.26 Å². The van der Waals surface area contributed by atoms with Crippen LogP contribution in [0.15, 0.2) is 23.1 Å². The van der Waals surface area contributed by atoms with Gasteiger partial charge in [0.1, 0.15) is 11.8 Å². The smallest absolute Gasteiger partial charge is 0.421 e. The molecule has 0 bridgehead atoms. The highest BCUT2D eigenvalue weighted by atomic mass is 32.2. The van der Waals surface area contributed by atoms with E-state index in [-0.39, 0.29) is 4.90 Å². The Labute approximate surface area is 95.8 Å². The predicted octanol–water partition coefficient (Wildman–Crippen LogP) is 3.40. The van der Waals surface area contributed by atoms with Crippen molar-refractivity contribution in [3.05, 3.63) is 29.3 Å². The average Bonchev–Trinajstić information content (AvgIpc) is 2.16. The summed E-state index contributed by atoms with van der Waals surface area (Å²) >= 11 is -1.62. The fourth-order valence-corrected chi connectivity index (χ4v) is 2.24. The van der Waals surface area contributed by atoms with Crippen molar-refractivity contribution in [3.8, 4) is 0 Å². The van der Waals surface area contributed by atoms with E-state index in [1.807, 2.05) is 6.92 Å². The van der Waals surface area contributed by atoms with Gasteiger partial charge in [-0.2, -0.15) is 13.2 Å². The van der Waals surface area contributed by atoms with E-state index < -0.39 is 22.9 Å². The van der Waals surface area contributed by atoms with Crippen molar-refractivity contribution >= 4 is 11.2 Å². The van der Waals surface area contributed by atoms with Gasteiger partial charge in [0.05, 0.1) is 0 Å². The normalized spacial score (nSPS) is 13.9. The minimum absolute atomic E-state index is 0.146. The molecule has 1 atom stereocenters. The molecule has 16 heavy (non-hydrogen) atoms. The molecular weight excluding hydrogens is 237 g/mol. The van der Waals surface area contributed by atoms with Crippen LogP contribution >= 0.6 is 0 Å². The maximum atomic E-state index is 12.7. The lowest BCUT2D eigenvalue weighted by molar-refractivity contribution is -0.139. The summed E-state index contributed by atoms with van der Waals surface area (Å²) in [4.78, 5) is -0.146. The molecule has 0 radical (unpaired) electrons. The van der Waals surface area contributed by atoms with Gasteiger partial charge in [0.25, 0.3) is 0 Å². The fraction of sp³-hybridized carbons (Fsp3) is 0.455. The molecule has 0 fully saturated rings. The zero-order valence-corrected chi connectivity index (χ0v) is 9.91. The number of benzene rings is 1. The van der Waals surface area contributed by atoms with E-state index >= 15 is 0 Å². The number of alkyl halides is 3. The zero-order chi connectivity index (χ0) is 12.3. The van der Waals surface area contributed by atoms with E-state index in [9.17, 15) is 17.7 Å². The summed E-state index contributed by atoms with van der Waals surface area (Å²) in [6.07, 6.45) is -1.81. The Morgan fingerprint density at radius 1 is 1.31 bits per heavy atom. The standard InChI is InChI=1S/C11H13F3OS/c1-3-4-8-5-6-10(16(2)15)9(7-8)11(12,13)14/h5-7H,3-4H2,1-2H3.